The summed E-state index contributed by atoms with van der Waals surface area (Å²) in [5.74, 6) is -1.61. The van der Waals surface area contributed by atoms with Crippen LogP contribution in [0.5, 0.6) is 5.75 Å². The van der Waals surface area contributed by atoms with Gasteiger partial charge in [-0.2, -0.15) is 22.0 Å². The second-order valence-corrected chi connectivity index (χ2v) is 6.21. The standard InChI is InChI=1S/C17H15F5N2O5/c18-15(19)27-8-10-5-12(7-24(10)16-23-6-13(29-16)14(25)26)28-11-3-1-9(2-4-11)17(20,21)22/h1-4,6,10,12,15H,5,7-8H2,(H,25,26)/t10-,12-/m0/s1. The van der Waals surface area contributed by atoms with Crippen LogP contribution in [0.2, 0.25) is 0 Å². The van der Waals surface area contributed by atoms with Crippen LogP contribution < -0.4 is 9.64 Å². The van der Waals surface area contributed by atoms with E-state index in [9.17, 15) is 26.7 Å². The van der Waals surface area contributed by atoms with Crippen LogP contribution in [0.4, 0.5) is 28.0 Å². The van der Waals surface area contributed by atoms with Crippen molar-refractivity contribution >= 4 is 12.0 Å². The molecule has 0 saturated carbocycles. The smallest absolute Gasteiger partial charge is 0.416 e. The molecule has 0 bridgehead atoms. The van der Waals surface area contributed by atoms with Crippen molar-refractivity contribution in [2.45, 2.75) is 31.4 Å². The molecule has 7 nitrogen and oxygen atoms in total. The van der Waals surface area contributed by atoms with Gasteiger partial charge in [-0.25, -0.2) is 9.78 Å². The number of carboxylic acids is 1. The van der Waals surface area contributed by atoms with Gasteiger partial charge >= 0.3 is 18.8 Å². The molecule has 2 atom stereocenters. The second kappa shape index (κ2) is 8.23. The molecule has 0 spiro atoms. The minimum atomic E-state index is -4.48. The molecule has 158 valence electrons. The van der Waals surface area contributed by atoms with E-state index in [0.717, 1.165) is 30.5 Å². The SMILES string of the molecule is O=C(O)c1cnc(N2C[C@@H](Oc3ccc(C(F)(F)F)cc3)C[C@H]2COC(F)F)o1. The summed E-state index contributed by atoms with van der Waals surface area (Å²) >= 11 is 0. The van der Waals surface area contributed by atoms with Gasteiger partial charge < -0.3 is 23.9 Å². The minimum Gasteiger partial charge on any atom is -0.489 e. The van der Waals surface area contributed by atoms with Gasteiger partial charge in [0.2, 0.25) is 5.76 Å². The molecule has 0 amide bonds. The van der Waals surface area contributed by atoms with E-state index < -0.39 is 48.8 Å². The van der Waals surface area contributed by atoms with Crippen LogP contribution in [0, 0.1) is 0 Å². The third-order valence-electron chi connectivity index (χ3n) is 4.23. The lowest BCUT2D eigenvalue weighted by atomic mass is 10.2. The summed E-state index contributed by atoms with van der Waals surface area (Å²) in [7, 11) is 0. The van der Waals surface area contributed by atoms with Crippen LogP contribution in [-0.4, -0.2) is 48.0 Å². The Morgan fingerprint density at radius 3 is 2.55 bits per heavy atom. The number of aromatic nitrogens is 1. The molecule has 0 unspecified atom stereocenters. The summed E-state index contributed by atoms with van der Waals surface area (Å²) in [5.41, 5.74) is -0.831. The number of aromatic carboxylic acids is 1. The lowest BCUT2D eigenvalue weighted by molar-refractivity contribution is -0.137. The van der Waals surface area contributed by atoms with Gasteiger partial charge in [-0.15, -0.1) is 0 Å². The number of hydrogen-bond acceptors (Lipinski definition) is 6. The van der Waals surface area contributed by atoms with Crippen LogP contribution in [0.15, 0.2) is 34.9 Å². The molecule has 1 aliphatic rings. The third-order valence-corrected chi connectivity index (χ3v) is 4.23. The van der Waals surface area contributed by atoms with E-state index in [0.29, 0.717) is 0 Å². The van der Waals surface area contributed by atoms with E-state index in [4.69, 9.17) is 14.3 Å². The van der Waals surface area contributed by atoms with Crippen LogP contribution >= 0.6 is 0 Å². The molecule has 1 aliphatic heterocycles. The summed E-state index contributed by atoms with van der Waals surface area (Å²) in [5, 5.41) is 8.93. The third kappa shape index (κ3) is 5.13. The maximum absolute atomic E-state index is 12.6. The predicted molar refractivity (Wildman–Crippen MR) is 87.0 cm³/mol. The van der Waals surface area contributed by atoms with Crippen LogP contribution in [0.1, 0.15) is 22.5 Å². The first-order valence-electron chi connectivity index (χ1n) is 8.33. The fraction of sp³-hybridized carbons (Fsp3) is 0.412. The number of hydrogen-bond donors (Lipinski definition) is 1. The van der Waals surface area contributed by atoms with Crippen molar-refractivity contribution < 1.29 is 45.7 Å². The fourth-order valence-electron chi connectivity index (χ4n) is 2.95. The Hall–Kier alpha value is -2.89. The monoisotopic (exact) mass is 422 g/mol. The molecule has 1 saturated heterocycles. The molecule has 1 fully saturated rings. The largest absolute Gasteiger partial charge is 0.489 e. The Morgan fingerprint density at radius 2 is 2.00 bits per heavy atom. The molecule has 1 aromatic carbocycles. The number of anilines is 1. The molecule has 3 rings (SSSR count). The van der Waals surface area contributed by atoms with Gasteiger partial charge in [0.25, 0.3) is 6.01 Å². The van der Waals surface area contributed by atoms with Crippen molar-refractivity contribution in [2.75, 3.05) is 18.1 Å². The van der Waals surface area contributed by atoms with Crippen molar-refractivity contribution in [3.8, 4) is 5.75 Å². The molecule has 1 aromatic heterocycles. The number of nitrogens with zero attached hydrogens (tertiary/aromatic N) is 2. The van der Waals surface area contributed by atoms with E-state index in [1.165, 1.54) is 4.90 Å². The number of alkyl halides is 5. The molecule has 0 radical (unpaired) electrons. The first-order valence-corrected chi connectivity index (χ1v) is 8.33. The lowest BCUT2D eigenvalue weighted by Gasteiger charge is -2.21. The molecule has 12 heteroatoms. The Bertz CT molecular complexity index is 839. The quantitative estimate of drug-likeness (QED) is 0.682. The first kappa shape index (κ1) is 20.8. The van der Waals surface area contributed by atoms with E-state index >= 15 is 0 Å². The topological polar surface area (TPSA) is 85.0 Å². The normalized spacial score (nSPS) is 19.7. The highest BCUT2D eigenvalue weighted by atomic mass is 19.4. The number of rotatable bonds is 7. The molecular weight excluding hydrogens is 407 g/mol. The first-order chi connectivity index (χ1) is 13.6. The molecule has 29 heavy (non-hydrogen) atoms. The number of halogens is 5. The number of ether oxygens (including phenoxy) is 2. The average molecular weight is 422 g/mol. The molecular formula is C17H15F5N2O5. The highest BCUT2D eigenvalue weighted by molar-refractivity contribution is 5.84. The van der Waals surface area contributed by atoms with Gasteiger partial charge in [-0.05, 0) is 24.3 Å². The van der Waals surface area contributed by atoms with Gasteiger partial charge in [0, 0.05) is 6.42 Å². The van der Waals surface area contributed by atoms with E-state index in [1.807, 2.05) is 0 Å². The van der Waals surface area contributed by atoms with E-state index in [2.05, 4.69) is 9.72 Å². The van der Waals surface area contributed by atoms with Gasteiger partial charge in [0.15, 0.2) is 0 Å². The van der Waals surface area contributed by atoms with E-state index in [-0.39, 0.29) is 24.7 Å². The summed E-state index contributed by atoms with van der Waals surface area (Å²) in [4.78, 5) is 16.2. The van der Waals surface area contributed by atoms with Crippen LogP contribution in [0.3, 0.4) is 0 Å². The highest BCUT2D eigenvalue weighted by Gasteiger charge is 2.37. The Morgan fingerprint density at radius 1 is 1.31 bits per heavy atom. The minimum absolute atomic E-state index is 0.0812. The summed E-state index contributed by atoms with van der Waals surface area (Å²) in [6.45, 7) is -3.33. The number of carbonyl (C=O) groups is 1. The van der Waals surface area contributed by atoms with Crippen molar-refractivity contribution in [2.24, 2.45) is 0 Å². The fourth-order valence-corrected chi connectivity index (χ4v) is 2.95. The van der Waals surface area contributed by atoms with Gasteiger partial charge in [0.1, 0.15) is 11.9 Å². The van der Waals surface area contributed by atoms with Crippen LogP contribution in [0.25, 0.3) is 0 Å². The van der Waals surface area contributed by atoms with Crippen LogP contribution in [-0.2, 0) is 10.9 Å². The zero-order valence-electron chi connectivity index (χ0n) is 14.6. The van der Waals surface area contributed by atoms with Gasteiger partial charge in [-0.1, -0.05) is 0 Å². The zero-order valence-corrected chi connectivity index (χ0v) is 14.6. The Labute approximate surface area is 160 Å². The second-order valence-electron chi connectivity index (χ2n) is 6.21. The maximum atomic E-state index is 12.6. The molecule has 2 heterocycles. The number of oxazole rings is 1. The summed E-state index contributed by atoms with van der Waals surface area (Å²) < 4.78 is 77.9. The highest BCUT2D eigenvalue weighted by Crippen LogP contribution is 2.32. The lowest BCUT2D eigenvalue weighted by Crippen LogP contribution is -2.34. The predicted octanol–water partition coefficient (Wildman–Crippen LogP) is 3.66. The van der Waals surface area contributed by atoms with Crippen molar-refractivity contribution in [1.82, 2.24) is 4.98 Å². The number of carboxylic acid groups (broad SMARTS) is 1. The van der Waals surface area contributed by atoms with Gasteiger partial charge in [-0.3, -0.25) is 0 Å². The summed E-state index contributed by atoms with van der Waals surface area (Å²) in [6, 6.07) is 3.28. The maximum Gasteiger partial charge on any atom is 0.416 e. The zero-order chi connectivity index (χ0) is 21.2. The molecule has 0 aliphatic carbocycles. The van der Waals surface area contributed by atoms with Gasteiger partial charge in [0.05, 0.1) is 31.0 Å². The Kier molecular flexibility index (Phi) is 5.91. The van der Waals surface area contributed by atoms with E-state index in [1.54, 1.807) is 0 Å². The number of benzene rings is 1. The van der Waals surface area contributed by atoms with Crippen molar-refractivity contribution in [1.29, 1.82) is 0 Å². The molecule has 2 aromatic rings. The molecule has 1 N–H and O–H groups in total. The average Bonchev–Trinajstić information content (AvgIpc) is 3.26. The Balaban J connectivity index is 1.72. The summed E-state index contributed by atoms with van der Waals surface area (Å²) in [6.07, 6.45) is -3.92. The van der Waals surface area contributed by atoms with Crippen molar-refractivity contribution in [3.05, 3.63) is 41.8 Å². The van der Waals surface area contributed by atoms with Crippen molar-refractivity contribution in [3.63, 3.8) is 0 Å².